The van der Waals surface area contributed by atoms with E-state index in [1.54, 1.807) is 12.1 Å². The first kappa shape index (κ1) is 48.0. The molecule has 0 radical (unpaired) electrons. The average molecular weight is 749 g/mol. The SMILES string of the molecule is CCCCC(CC)COC(=O)CC(C(=O)OCC(CC)CCCC)S(=O)(=O)O.CCCCCCCCCCCCc1ccccc1S(=O)(=O)O. The zero-order chi connectivity index (χ0) is 37.8. The number of carbonyl (C=O) groups excluding carboxylic acids is 2. The Morgan fingerprint density at radius 3 is 1.56 bits per heavy atom. The van der Waals surface area contributed by atoms with Gasteiger partial charge in [0.25, 0.3) is 20.2 Å². The summed E-state index contributed by atoms with van der Waals surface area (Å²) in [6.07, 6.45) is 20.1. The maximum Gasteiger partial charge on any atom is 0.327 e. The third kappa shape index (κ3) is 23.5. The summed E-state index contributed by atoms with van der Waals surface area (Å²) in [5.74, 6) is -1.61. The van der Waals surface area contributed by atoms with Gasteiger partial charge in [-0.2, -0.15) is 16.8 Å². The van der Waals surface area contributed by atoms with E-state index in [1.807, 2.05) is 19.9 Å². The Morgan fingerprint density at radius 2 is 1.10 bits per heavy atom. The van der Waals surface area contributed by atoms with Gasteiger partial charge in [-0.15, -0.1) is 0 Å². The van der Waals surface area contributed by atoms with E-state index in [9.17, 15) is 35.5 Å². The maximum atomic E-state index is 12.2. The number of benzene rings is 1. The molecule has 0 aromatic heterocycles. The average Bonchev–Trinajstić information content (AvgIpc) is 3.07. The molecule has 3 unspecified atom stereocenters. The van der Waals surface area contributed by atoms with Crippen LogP contribution in [0.1, 0.15) is 162 Å². The Kier molecular flexibility index (Phi) is 27.4. The van der Waals surface area contributed by atoms with Crippen molar-refractivity contribution < 1.29 is 45.0 Å². The number of ether oxygens (including phenoxy) is 2. The molecule has 292 valence electrons. The molecule has 0 saturated heterocycles. The standard InChI is InChI=1S/C20H38O7S.C18H30O3S/c1-5-9-11-16(7-3)14-26-19(21)13-18(28(23,24)25)20(22)27-15-17(8-4)12-10-6-2;1-2-3-4-5-6-7-8-9-10-11-14-17-15-12-13-16-18(17)22(19,20)21/h16-18H,5-15H2,1-4H3,(H,23,24,25);12-13,15-16H,2-11,14H2,1H3,(H,19,20,21). The summed E-state index contributed by atoms with van der Waals surface area (Å²) in [4.78, 5) is 24.3. The molecule has 3 atom stereocenters. The van der Waals surface area contributed by atoms with Crippen molar-refractivity contribution in [1.82, 2.24) is 0 Å². The Labute approximate surface area is 304 Å². The molecule has 0 aliphatic heterocycles. The lowest BCUT2D eigenvalue weighted by atomic mass is 10.0. The van der Waals surface area contributed by atoms with Crippen LogP contribution in [-0.2, 0) is 45.7 Å². The van der Waals surface area contributed by atoms with E-state index in [1.165, 1.54) is 57.4 Å². The van der Waals surface area contributed by atoms with Crippen LogP contribution < -0.4 is 0 Å². The van der Waals surface area contributed by atoms with E-state index in [2.05, 4.69) is 20.8 Å². The van der Waals surface area contributed by atoms with Gasteiger partial charge in [-0.3, -0.25) is 18.7 Å². The Hall–Kier alpha value is -2.02. The number of hydrogen-bond donors (Lipinski definition) is 2. The Bertz CT molecular complexity index is 1250. The fraction of sp³-hybridized carbons (Fsp3) is 0.789. The normalized spacial score (nSPS) is 13.5. The van der Waals surface area contributed by atoms with Gasteiger partial charge in [-0.1, -0.05) is 149 Å². The predicted octanol–water partition coefficient (Wildman–Crippen LogP) is 9.55. The molecule has 0 heterocycles. The van der Waals surface area contributed by atoms with Crippen molar-refractivity contribution in [2.75, 3.05) is 13.2 Å². The molecule has 1 rings (SSSR count). The van der Waals surface area contributed by atoms with Gasteiger partial charge >= 0.3 is 11.9 Å². The summed E-state index contributed by atoms with van der Waals surface area (Å²) in [6, 6.07) is 6.73. The molecule has 12 heteroatoms. The molecule has 0 aliphatic rings. The number of hydrogen-bond acceptors (Lipinski definition) is 8. The zero-order valence-corrected chi connectivity index (χ0v) is 33.2. The van der Waals surface area contributed by atoms with Crippen LogP contribution in [0.5, 0.6) is 0 Å². The van der Waals surface area contributed by atoms with Crippen molar-refractivity contribution in [3.05, 3.63) is 29.8 Å². The van der Waals surface area contributed by atoms with Crippen LogP contribution in [0.15, 0.2) is 29.2 Å². The third-order valence-electron chi connectivity index (χ3n) is 9.05. The van der Waals surface area contributed by atoms with Crippen LogP contribution >= 0.6 is 0 Å². The quantitative estimate of drug-likeness (QED) is 0.0480. The highest BCUT2D eigenvalue weighted by molar-refractivity contribution is 7.87. The molecule has 0 amide bonds. The smallest absolute Gasteiger partial charge is 0.327 e. The molecule has 50 heavy (non-hydrogen) atoms. The van der Waals surface area contributed by atoms with Gasteiger partial charge in [0.2, 0.25) is 0 Å². The number of rotatable bonds is 28. The highest BCUT2D eigenvalue weighted by Gasteiger charge is 2.36. The van der Waals surface area contributed by atoms with Gasteiger partial charge in [0, 0.05) is 0 Å². The molecule has 0 spiro atoms. The van der Waals surface area contributed by atoms with Crippen molar-refractivity contribution >= 4 is 32.2 Å². The third-order valence-corrected chi connectivity index (χ3v) is 11.1. The summed E-state index contributed by atoms with van der Waals surface area (Å²) >= 11 is 0. The molecule has 0 aliphatic carbocycles. The summed E-state index contributed by atoms with van der Waals surface area (Å²) in [5.41, 5.74) is 0.726. The molecule has 1 aromatic carbocycles. The Balaban J connectivity index is 0.000000986. The van der Waals surface area contributed by atoms with Crippen molar-refractivity contribution in [1.29, 1.82) is 0 Å². The molecule has 0 bridgehead atoms. The van der Waals surface area contributed by atoms with E-state index >= 15 is 0 Å². The van der Waals surface area contributed by atoms with E-state index in [4.69, 9.17) is 9.47 Å². The van der Waals surface area contributed by atoms with Gasteiger partial charge in [0.1, 0.15) is 0 Å². The van der Waals surface area contributed by atoms with Crippen LogP contribution in [0.25, 0.3) is 0 Å². The molecule has 10 nitrogen and oxygen atoms in total. The second kappa shape index (κ2) is 28.6. The van der Waals surface area contributed by atoms with Crippen molar-refractivity contribution in [2.24, 2.45) is 11.8 Å². The molecule has 2 N–H and O–H groups in total. The van der Waals surface area contributed by atoms with Gasteiger partial charge in [0.15, 0.2) is 5.25 Å². The van der Waals surface area contributed by atoms with Gasteiger partial charge in [-0.05, 0) is 49.1 Å². The largest absolute Gasteiger partial charge is 0.465 e. The van der Waals surface area contributed by atoms with Crippen molar-refractivity contribution in [3.63, 3.8) is 0 Å². The van der Waals surface area contributed by atoms with Crippen LogP contribution in [-0.4, -0.2) is 56.3 Å². The second-order valence-corrected chi connectivity index (χ2v) is 16.4. The lowest BCUT2D eigenvalue weighted by Crippen LogP contribution is -2.35. The topological polar surface area (TPSA) is 161 Å². The monoisotopic (exact) mass is 748 g/mol. The summed E-state index contributed by atoms with van der Waals surface area (Å²) < 4.78 is 74.5. The van der Waals surface area contributed by atoms with E-state index in [-0.39, 0.29) is 29.9 Å². The van der Waals surface area contributed by atoms with E-state index < -0.39 is 43.8 Å². The predicted molar refractivity (Wildman–Crippen MR) is 200 cm³/mol. The number of aryl methyl sites for hydroxylation is 1. The van der Waals surface area contributed by atoms with Gasteiger partial charge in [-0.25, -0.2) is 0 Å². The van der Waals surface area contributed by atoms with Gasteiger partial charge < -0.3 is 9.47 Å². The number of carbonyl (C=O) groups is 2. The van der Waals surface area contributed by atoms with Gasteiger partial charge in [0.05, 0.1) is 24.5 Å². The first-order chi connectivity index (χ1) is 23.7. The summed E-state index contributed by atoms with van der Waals surface area (Å²) in [7, 11) is -8.86. The number of unbranched alkanes of at least 4 members (excludes halogenated alkanes) is 11. The minimum Gasteiger partial charge on any atom is -0.465 e. The first-order valence-corrected chi connectivity index (χ1v) is 22.0. The van der Waals surface area contributed by atoms with Crippen LogP contribution in [0.3, 0.4) is 0 Å². The molecular formula is C38H68O10S2. The number of esters is 2. The minimum atomic E-state index is -4.76. The highest BCUT2D eigenvalue weighted by Crippen LogP contribution is 2.19. The minimum absolute atomic E-state index is 0.0610. The van der Waals surface area contributed by atoms with Crippen molar-refractivity contribution in [2.45, 2.75) is 173 Å². The van der Waals surface area contributed by atoms with E-state index in [0.29, 0.717) is 6.42 Å². The first-order valence-electron chi connectivity index (χ1n) is 19.1. The molecule has 1 aromatic rings. The zero-order valence-electron chi connectivity index (χ0n) is 31.6. The lowest BCUT2D eigenvalue weighted by molar-refractivity contribution is -0.151. The lowest BCUT2D eigenvalue weighted by Gasteiger charge is -2.18. The highest BCUT2D eigenvalue weighted by atomic mass is 32.2. The fourth-order valence-electron chi connectivity index (χ4n) is 5.59. The van der Waals surface area contributed by atoms with Crippen LogP contribution in [0, 0.1) is 11.8 Å². The molecular weight excluding hydrogens is 681 g/mol. The summed E-state index contributed by atoms with van der Waals surface area (Å²) in [6.45, 7) is 10.6. The Morgan fingerprint density at radius 1 is 0.640 bits per heavy atom. The maximum absolute atomic E-state index is 12.2. The van der Waals surface area contributed by atoms with E-state index in [0.717, 1.165) is 69.8 Å². The van der Waals surface area contributed by atoms with Crippen LogP contribution in [0.2, 0.25) is 0 Å². The van der Waals surface area contributed by atoms with Crippen molar-refractivity contribution in [3.8, 4) is 0 Å². The molecule has 0 saturated carbocycles. The molecule has 0 fully saturated rings. The van der Waals surface area contributed by atoms with Crippen LogP contribution in [0.4, 0.5) is 0 Å². The fourth-order valence-corrected chi connectivity index (χ4v) is 7.00. The summed E-state index contributed by atoms with van der Waals surface area (Å²) in [5, 5.41) is -1.95. The second-order valence-electron chi connectivity index (χ2n) is 13.4.